The van der Waals surface area contributed by atoms with Crippen LogP contribution in [0.5, 0.6) is 0 Å². The minimum Gasteiger partial charge on any atom is -0.383 e. The molecule has 0 bridgehead atoms. The number of rotatable bonds is 1. The number of fused-ring (bicyclic) bond motifs is 1. The molecule has 6 heteroatoms. The van der Waals surface area contributed by atoms with E-state index in [0.29, 0.717) is 11.5 Å². The van der Waals surface area contributed by atoms with E-state index in [0.717, 1.165) is 16.8 Å². The molecule has 3 aromatic rings. The number of hydrogen-bond donors (Lipinski definition) is 1. The average Bonchev–Trinajstić information content (AvgIpc) is 2.81. The normalized spacial score (nSPS) is 10.1. The first kappa shape index (κ1) is 12.9. The van der Waals surface area contributed by atoms with Gasteiger partial charge in [0.05, 0.1) is 16.8 Å². The maximum atomic E-state index is 5.83. The molecule has 2 N–H and O–H groups in total. The monoisotopic (exact) mass is 256 g/mol. The predicted octanol–water partition coefficient (Wildman–Crippen LogP) is 2.13. The van der Waals surface area contributed by atoms with Crippen molar-refractivity contribution in [3.63, 3.8) is 0 Å². The van der Waals surface area contributed by atoms with Gasteiger partial charge in [0.15, 0.2) is 5.65 Å². The van der Waals surface area contributed by atoms with E-state index < -0.39 is 0 Å². The van der Waals surface area contributed by atoms with Crippen LogP contribution in [-0.4, -0.2) is 24.7 Å². The van der Waals surface area contributed by atoms with Crippen LogP contribution in [-0.2, 0) is 0 Å². The zero-order valence-corrected chi connectivity index (χ0v) is 11.2. The Balaban J connectivity index is 0.000000637. The molecule has 0 unspecified atom stereocenters. The Hall–Kier alpha value is -2.50. The van der Waals surface area contributed by atoms with E-state index in [1.807, 2.05) is 32.9 Å². The SMILES string of the molecule is CC.Cc1nn(-c2ccncc2)c2ncnc(N)c12. The van der Waals surface area contributed by atoms with Gasteiger partial charge in [0, 0.05) is 12.4 Å². The van der Waals surface area contributed by atoms with E-state index in [1.54, 1.807) is 17.1 Å². The number of nitrogen functional groups attached to an aromatic ring is 1. The van der Waals surface area contributed by atoms with Gasteiger partial charge in [-0.15, -0.1) is 0 Å². The number of nitrogens with zero attached hydrogens (tertiary/aromatic N) is 5. The minimum absolute atomic E-state index is 0.452. The number of aromatic nitrogens is 5. The second-order valence-corrected chi connectivity index (χ2v) is 3.66. The third-order valence-corrected chi connectivity index (χ3v) is 2.58. The molecular weight excluding hydrogens is 240 g/mol. The summed E-state index contributed by atoms with van der Waals surface area (Å²) in [5, 5.41) is 5.22. The van der Waals surface area contributed by atoms with Crippen LogP contribution in [0.2, 0.25) is 0 Å². The number of hydrogen-bond acceptors (Lipinski definition) is 5. The van der Waals surface area contributed by atoms with Crippen molar-refractivity contribution in [1.82, 2.24) is 24.7 Å². The second-order valence-electron chi connectivity index (χ2n) is 3.66. The largest absolute Gasteiger partial charge is 0.383 e. The molecule has 6 nitrogen and oxygen atoms in total. The molecule has 0 aromatic carbocycles. The molecular formula is C13H16N6. The molecule has 0 saturated carbocycles. The fourth-order valence-corrected chi connectivity index (χ4v) is 1.81. The zero-order valence-electron chi connectivity index (χ0n) is 11.2. The lowest BCUT2D eigenvalue weighted by molar-refractivity contribution is 0.874. The summed E-state index contributed by atoms with van der Waals surface area (Å²) in [4.78, 5) is 12.2. The predicted molar refractivity (Wildman–Crippen MR) is 75.0 cm³/mol. The van der Waals surface area contributed by atoms with E-state index in [1.165, 1.54) is 6.33 Å². The topological polar surface area (TPSA) is 82.5 Å². The van der Waals surface area contributed by atoms with Crippen LogP contribution in [0.4, 0.5) is 5.82 Å². The fraction of sp³-hybridized carbons (Fsp3) is 0.231. The molecule has 0 radical (unpaired) electrons. The summed E-state index contributed by atoms with van der Waals surface area (Å²) < 4.78 is 1.74. The number of aryl methyl sites for hydroxylation is 1. The van der Waals surface area contributed by atoms with Crippen molar-refractivity contribution in [3.8, 4) is 5.69 Å². The smallest absolute Gasteiger partial charge is 0.168 e. The average molecular weight is 256 g/mol. The van der Waals surface area contributed by atoms with Crippen molar-refractivity contribution in [2.24, 2.45) is 0 Å². The molecule has 19 heavy (non-hydrogen) atoms. The highest BCUT2D eigenvalue weighted by molar-refractivity contribution is 5.88. The maximum absolute atomic E-state index is 5.83. The van der Waals surface area contributed by atoms with Gasteiger partial charge in [-0.05, 0) is 19.1 Å². The second kappa shape index (κ2) is 5.43. The summed E-state index contributed by atoms with van der Waals surface area (Å²) in [5.41, 5.74) is 8.26. The Morgan fingerprint density at radius 1 is 1.11 bits per heavy atom. The van der Waals surface area contributed by atoms with Crippen molar-refractivity contribution in [3.05, 3.63) is 36.5 Å². The summed E-state index contributed by atoms with van der Waals surface area (Å²) in [6.45, 7) is 5.89. The highest BCUT2D eigenvalue weighted by atomic mass is 15.3. The van der Waals surface area contributed by atoms with Crippen molar-refractivity contribution in [2.45, 2.75) is 20.8 Å². The highest BCUT2D eigenvalue weighted by Crippen LogP contribution is 2.22. The summed E-state index contributed by atoms with van der Waals surface area (Å²) >= 11 is 0. The standard InChI is InChI=1S/C11H10N6.C2H6/c1-7-9-10(12)14-6-15-11(9)17(16-7)8-2-4-13-5-3-8;1-2/h2-6H,1H3,(H2,12,14,15);1-2H3. The number of pyridine rings is 1. The van der Waals surface area contributed by atoms with Crippen molar-refractivity contribution in [2.75, 3.05) is 5.73 Å². The Kier molecular flexibility index (Phi) is 3.70. The zero-order chi connectivity index (χ0) is 13.8. The number of anilines is 1. The first-order valence-corrected chi connectivity index (χ1v) is 6.13. The van der Waals surface area contributed by atoms with Crippen molar-refractivity contribution in [1.29, 1.82) is 0 Å². The third-order valence-electron chi connectivity index (χ3n) is 2.58. The van der Waals surface area contributed by atoms with E-state index >= 15 is 0 Å². The van der Waals surface area contributed by atoms with Gasteiger partial charge in [-0.25, -0.2) is 14.6 Å². The van der Waals surface area contributed by atoms with E-state index in [4.69, 9.17) is 5.73 Å². The molecule has 98 valence electrons. The first-order chi connectivity index (χ1) is 9.27. The van der Waals surface area contributed by atoms with Crippen molar-refractivity contribution < 1.29 is 0 Å². The molecule has 0 saturated heterocycles. The van der Waals surface area contributed by atoms with Crippen molar-refractivity contribution >= 4 is 16.9 Å². The molecule has 3 aromatic heterocycles. The quantitative estimate of drug-likeness (QED) is 0.721. The van der Waals surface area contributed by atoms with Gasteiger partial charge in [0.2, 0.25) is 0 Å². The molecule has 0 aliphatic rings. The molecule has 0 atom stereocenters. The lowest BCUT2D eigenvalue weighted by Crippen LogP contribution is -1.98. The summed E-state index contributed by atoms with van der Waals surface area (Å²) in [6, 6.07) is 3.73. The molecule has 0 spiro atoms. The molecule has 3 heterocycles. The molecule has 0 aliphatic carbocycles. The summed E-state index contributed by atoms with van der Waals surface area (Å²) in [6.07, 6.45) is 4.86. The lowest BCUT2D eigenvalue weighted by Gasteiger charge is -2.01. The highest BCUT2D eigenvalue weighted by Gasteiger charge is 2.12. The Morgan fingerprint density at radius 2 is 1.79 bits per heavy atom. The van der Waals surface area contributed by atoms with Crippen LogP contribution in [0, 0.1) is 6.92 Å². The van der Waals surface area contributed by atoms with Gasteiger partial charge in [0.25, 0.3) is 0 Å². The lowest BCUT2D eigenvalue weighted by atomic mass is 10.3. The maximum Gasteiger partial charge on any atom is 0.168 e. The first-order valence-electron chi connectivity index (χ1n) is 6.13. The van der Waals surface area contributed by atoms with E-state index in [2.05, 4.69) is 20.1 Å². The van der Waals surface area contributed by atoms with Gasteiger partial charge >= 0.3 is 0 Å². The summed E-state index contributed by atoms with van der Waals surface area (Å²) in [5.74, 6) is 0.452. The van der Waals surface area contributed by atoms with Crippen LogP contribution in [0.25, 0.3) is 16.7 Å². The summed E-state index contributed by atoms with van der Waals surface area (Å²) in [7, 11) is 0. The van der Waals surface area contributed by atoms with Crippen LogP contribution >= 0.6 is 0 Å². The van der Waals surface area contributed by atoms with Crippen LogP contribution in [0.15, 0.2) is 30.9 Å². The van der Waals surface area contributed by atoms with E-state index in [-0.39, 0.29) is 0 Å². The number of nitrogens with two attached hydrogens (primary N) is 1. The van der Waals surface area contributed by atoms with Crippen LogP contribution < -0.4 is 5.73 Å². The van der Waals surface area contributed by atoms with Gasteiger partial charge in [-0.3, -0.25) is 4.98 Å². The van der Waals surface area contributed by atoms with E-state index in [9.17, 15) is 0 Å². The van der Waals surface area contributed by atoms with Gasteiger partial charge in [-0.2, -0.15) is 5.10 Å². The molecule has 0 aliphatic heterocycles. The van der Waals surface area contributed by atoms with Crippen LogP contribution in [0.1, 0.15) is 19.5 Å². The fourth-order valence-electron chi connectivity index (χ4n) is 1.81. The van der Waals surface area contributed by atoms with Gasteiger partial charge in [0.1, 0.15) is 12.1 Å². The Labute approximate surface area is 111 Å². The minimum atomic E-state index is 0.452. The van der Waals surface area contributed by atoms with Gasteiger partial charge in [-0.1, -0.05) is 13.8 Å². The van der Waals surface area contributed by atoms with Gasteiger partial charge < -0.3 is 5.73 Å². The van der Waals surface area contributed by atoms with Crippen LogP contribution in [0.3, 0.4) is 0 Å². The molecule has 0 amide bonds. The third kappa shape index (κ3) is 2.24. The Bertz CT molecular complexity index is 674. The molecule has 3 rings (SSSR count). The Morgan fingerprint density at radius 3 is 2.47 bits per heavy atom. The molecule has 0 fully saturated rings.